The van der Waals surface area contributed by atoms with E-state index in [4.69, 9.17) is 23.2 Å². The highest BCUT2D eigenvalue weighted by molar-refractivity contribution is 7.14. The van der Waals surface area contributed by atoms with Gasteiger partial charge in [-0.1, -0.05) is 35.3 Å². The minimum Gasteiger partial charge on any atom is -0.321 e. The number of hydrogen-bond acceptors (Lipinski definition) is 5. The number of carbonyl (C=O) groups is 2. The second-order valence-corrected chi connectivity index (χ2v) is 7.85. The lowest BCUT2D eigenvalue weighted by molar-refractivity contribution is -0.116. The molecule has 0 aliphatic rings. The SMILES string of the molecule is CC(=O)N(c1nc(/C=C(\C#N)C(=O)Nc2cc(Cl)cc(Cl)c2)cs1)c1ccccc1F. The highest BCUT2D eigenvalue weighted by Gasteiger charge is 2.21. The molecule has 156 valence electrons. The van der Waals surface area contributed by atoms with E-state index in [0.717, 1.165) is 16.2 Å². The molecule has 0 bridgehead atoms. The van der Waals surface area contributed by atoms with Crippen LogP contribution < -0.4 is 10.2 Å². The summed E-state index contributed by atoms with van der Waals surface area (Å²) in [5.41, 5.74) is 0.410. The Labute approximate surface area is 191 Å². The summed E-state index contributed by atoms with van der Waals surface area (Å²) in [7, 11) is 0. The third kappa shape index (κ3) is 5.47. The summed E-state index contributed by atoms with van der Waals surface area (Å²) in [6.07, 6.45) is 1.27. The maximum Gasteiger partial charge on any atom is 0.266 e. The largest absolute Gasteiger partial charge is 0.321 e. The summed E-state index contributed by atoms with van der Waals surface area (Å²) in [6.45, 7) is 1.29. The number of halogens is 3. The third-order valence-corrected chi connectivity index (χ3v) is 5.17. The third-order valence-electron chi connectivity index (χ3n) is 3.89. The molecule has 31 heavy (non-hydrogen) atoms. The fourth-order valence-electron chi connectivity index (χ4n) is 2.61. The van der Waals surface area contributed by atoms with Crippen LogP contribution >= 0.6 is 34.5 Å². The van der Waals surface area contributed by atoms with E-state index in [1.54, 1.807) is 11.4 Å². The predicted molar refractivity (Wildman–Crippen MR) is 120 cm³/mol. The van der Waals surface area contributed by atoms with E-state index in [1.807, 2.05) is 6.07 Å². The first-order valence-electron chi connectivity index (χ1n) is 8.68. The average molecular weight is 475 g/mol. The molecule has 0 saturated heterocycles. The number of rotatable bonds is 5. The fraction of sp³-hybridized carbons (Fsp3) is 0.0476. The minimum atomic E-state index is -0.687. The Kier molecular flexibility index (Phi) is 7.02. The van der Waals surface area contributed by atoms with E-state index in [1.165, 1.54) is 49.4 Å². The lowest BCUT2D eigenvalue weighted by Crippen LogP contribution is -2.23. The molecule has 0 saturated carbocycles. The van der Waals surface area contributed by atoms with E-state index in [2.05, 4.69) is 10.3 Å². The number of aromatic nitrogens is 1. The molecule has 0 unspecified atom stereocenters. The van der Waals surface area contributed by atoms with Gasteiger partial charge in [0.05, 0.1) is 11.4 Å². The summed E-state index contributed by atoms with van der Waals surface area (Å²) in [5.74, 6) is -1.71. The van der Waals surface area contributed by atoms with Gasteiger partial charge in [-0.25, -0.2) is 9.37 Å². The Balaban J connectivity index is 1.87. The van der Waals surface area contributed by atoms with Crippen LogP contribution in [0.15, 0.2) is 53.4 Å². The summed E-state index contributed by atoms with van der Waals surface area (Å²) in [5, 5.41) is 14.3. The molecule has 0 fully saturated rings. The highest BCUT2D eigenvalue weighted by Crippen LogP contribution is 2.31. The number of hydrogen-bond donors (Lipinski definition) is 1. The van der Waals surface area contributed by atoms with E-state index in [-0.39, 0.29) is 22.1 Å². The van der Waals surface area contributed by atoms with Gasteiger partial charge in [-0.05, 0) is 36.4 Å². The van der Waals surface area contributed by atoms with Crippen molar-refractivity contribution in [1.82, 2.24) is 4.98 Å². The van der Waals surface area contributed by atoms with Crippen molar-refractivity contribution in [3.63, 3.8) is 0 Å². The second-order valence-electron chi connectivity index (χ2n) is 6.14. The van der Waals surface area contributed by atoms with Crippen molar-refractivity contribution in [1.29, 1.82) is 5.26 Å². The molecule has 1 N–H and O–H groups in total. The molecule has 0 radical (unpaired) electrons. The number of nitriles is 1. The predicted octanol–water partition coefficient (Wildman–Crippen LogP) is 5.82. The van der Waals surface area contributed by atoms with Crippen molar-refractivity contribution in [3.8, 4) is 6.07 Å². The van der Waals surface area contributed by atoms with Crippen LogP contribution in [-0.4, -0.2) is 16.8 Å². The minimum absolute atomic E-state index is 0.0518. The molecule has 2 amide bonds. The van der Waals surface area contributed by atoms with Gasteiger partial charge in [0.25, 0.3) is 5.91 Å². The molecule has 10 heteroatoms. The number of anilines is 3. The molecule has 3 rings (SSSR count). The molecule has 0 aliphatic heterocycles. The second kappa shape index (κ2) is 9.71. The number of thiazole rings is 1. The summed E-state index contributed by atoms with van der Waals surface area (Å²) >= 11 is 12.9. The first kappa shape index (κ1) is 22.4. The molecule has 0 aliphatic carbocycles. The smallest absolute Gasteiger partial charge is 0.266 e. The van der Waals surface area contributed by atoms with Gasteiger partial charge in [0.15, 0.2) is 5.13 Å². The molecular formula is C21H13Cl2FN4O2S. The van der Waals surface area contributed by atoms with Crippen LogP contribution in [0, 0.1) is 17.1 Å². The number of benzene rings is 2. The number of nitrogens with one attached hydrogen (secondary N) is 1. The quantitative estimate of drug-likeness (QED) is 0.372. The first-order valence-corrected chi connectivity index (χ1v) is 10.3. The fourth-order valence-corrected chi connectivity index (χ4v) is 3.97. The van der Waals surface area contributed by atoms with Gasteiger partial charge in [0.2, 0.25) is 5.91 Å². The van der Waals surface area contributed by atoms with E-state index in [9.17, 15) is 19.2 Å². The van der Waals surface area contributed by atoms with Crippen LogP contribution in [0.2, 0.25) is 10.0 Å². The van der Waals surface area contributed by atoms with Crippen molar-refractivity contribution >= 4 is 68.9 Å². The zero-order valence-electron chi connectivity index (χ0n) is 15.9. The van der Waals surface area contributed by atoms with E-state index in [0.29, 0.717) is 15.7 Å². The van der Waals surface area contributed by atoms with Gasteiger partial charge in [-0.2, -0.15) is 5.26 Å². The average Bonchev–Trinajstić information content (AvgIpc) is 3.14. The lowest BCUT2D eigenvalue weighted by atomic mass is 10.2. The van der Waals surface area contributed by atoms with Gasteiger partial charge >= 0.3 is 0 Å². The number of nitrogens with zero attached hydrogens (tertiary/aromatic N) is 3. The molecule has 0 atom stereocenters. The van der Waals surface area contributed by atoms with E-state index < -0.39 is 17.6 Å². The van der Waals surface area contributed by atoms with Gasteiger partial charge in [-0.3, -0.25) is 14.5 Å². The first-order chi connectivity index (χ1) is 14.8. The van der Waals surface area contributed by atoms with Crippen LogP contribution in [0.4, 0.5) is 20.9 Å². The number of amides is 2. The standard InChI is InChI=1S/C21H13Cl2FN4O2S/c1-12(29)28(19-5-3-2-4-18(19)24)21-27-17(11-31-21)6-13(10-25)20(30)26-16-8-14(22)7-15(23)9-16/h2-9,11H,1H3,(H,26,30)/b13-6+. The molecule has 1 heterocycles. The normalized spacial score (nSPS) is 11.0. The van der Waals surface area contributed by atoms with Crippen molar-refractivity contribution in [2.75, 3.05) is 10.2 Å². The van der Waals surface area contributed by atoms with Gasteiger partial charge in [-0.15, -0.1) is 11.3 Å². The number of carbonyl (C=O) groups excluding carboxylic acids is 2. The van der Waals surface area contributed by atoms with Crippen LogP contribution in [0.1, 0.15) is 12.6 Å². The summed E-state index contributed by atoms with van der Waals surface area (Å²) in [4.78, 5) is 30.0. The Morgan fingerprint density at radius 1 is 1.23 bits per heavy atom. The molecule has 0 spiro atoms. The van der Waals surface area contributed by atoms with Gasteiger partial charge in [0, 0.05) is 28.0 Å². The zero-order chi connectivity index (χ0) is 22.5. The molecule has 1 aromatic heterocycles. The summed E-state index contributed by atoms with van der Waals surface area (Å²) < 4.78 is 14.2. The Hall–Kier alpha value is -3.25. The van der Waals surface area contributed by atoms with Crippen LogP contribution in [0.5, 0.6) is 0 Å². The van der Waals surface area contributed by atoms with Gasteiger partial charge < -0.3 is 5.32 Å². The topological polar surface area (TPSA) is 86.1 Å². The van der Waals surface area contributed by atoms with Crippen LogP contribution in [0.25, 0.3) is 6.08 Å². The van der Waals surface area contributed by atoms with Crippen molar-refractivity contribution in [2.24, 2.45) is 0 Å². The lowest BCUT2D eigenvalue weighted by Gasteiger charge is -2.18. The van der Waals surface area contributed by atoms with Crippen molar-refractivity contribution < 1.29 is 14.0 Å². The zero-order valence-corrected chi connectivity index (χ0v) is 18.2. The van der Waals surface area contributed by atoms with Gasteiger partial charge in [0.1, 0.15) is 17.5 Å². The van der Waals surface area contributed by atoms with Crippen LogP contribution in [-0.2, 0) is 9.59 Å². The molecule has 3 aromatic rings. The van der Waals surface area contributed by atoms with Crippen molar-refractivity contribution in [3.05, 3.63) is 75.0 Å². The molecule has 2 aromatic carbocycles. The number of para-hydroxylation sites is 1. The molecular weight excluding hydrogens is 462 g/mol. The maximum atomic E-state index is 14.2. The highest BCUT2D eigenvalue weighted by atomic mass is 35.5. The maximum absolute atomic E-state index is 14.2. The monoisotopic (exact) mass is 474 g/mol. The van der Waals surface area contributed by atoms with Crippen molar-refractivity contribution in [2.45, 2.75) is 6.92 Å². The summed E-state index contributed by atoms with van der Waals surface area (Å²) in [6, 6.07) is 12.1. The Morgan fingerprint density at radius 3 is 2.52 bits per heavy atom. The van der Waals surface area contributed by atoms with Crippen LogP contribution in [0.3, 0.4) is 0 Å². The van der Waals surface area contributed by atoms with E-state index >= 15 is 0 Å². The Morgan fingerprint density at radius 2 is 1.90 bits per heavy atom. The Bertz CT molecular complexity index is 1220. The molecule has 6 nitrogen and oxygen atoms in total.